The average Bonchev–Trinajstić information content (AvgIpc) is 2.82. The van der Waals surface area contributed by atoms with E-state index in [1.807, 2.05) is 0 Å². The lowest BCUT2D eigenvalue weighted by Crippen LogP contribution is -2.35. The zero-order chi connectivity index (χ0) is 12.5. The molecule has 0 amide bonds. The van der Waals surface area contributed by atoms with Crippen molar-refractivity contribution in [2.75, 3.05) is 7.11 Å². The monoisotopic (exact) mass is 251 g/mol. The molecule has 3 unspecified atom stereocenters. The third-order valence-electron chi connectivity index (χ3n) is 4.22. The number of aromatic nitrogens is 3. The van der Waals surface area contributed by atoms with Crippen molar-refractivity contribution in [1.82, 2.24) is 15.0 Å². The van der Waals surface area contributed by atoms with Crippen LogP contribution in [-0.4, -0.2) is 39.4 Å². The molecule has 5 heteroatoms. The summed E-state index contributed by atoms with van der Waals surface area (Å²) < 4.78 is 5.41. The van der Waals surface area contributed by atoms with E-state index in [2.05, 4.69) is 10.2 Å². The van der Waals surface area contributed by atoms with E-state index in [1.54, 1.807) is 11.9 Å². The van der Waals surface area contributed by atoms with E-state index in [0.29, 0.717) is 0 Å². The van der Waals surface area contributed by atoms with Gasteiger partial charge in [0.2, 0.25) is 0 Å². The predicted molar refractivity (Wildman–Crippen MR) is 66.4 cm³/mol. The molecule has 0 aliphatic heterocycles. The van der Waals surface area contributed by atoms with Crippen molar-refractivity contribution in [3.63, 3.8) is 0 Å². The lowest BCUT2D eigenvalue weighted by atomic mass is 9.90. The van der Waals surface area contributed by atoms with Crippen LogP contribution in [0.4, 0.5) is 0 Å². The van der Waals surface area contributed by atoms with Gasteiger partial charge >= 0.3 is 0 Å². The van der Waals surface area contributed by atoms with E-state index in [-0.39, 0.29) is 18.2 Å². The maximum Gasteiger partial charge on any atom is 0.0999 e. The summed E-state index contributed by atoms with van der Waals surface area (Å²) in [6.45, 7) is 0. The van der Waals surface area contributed by atoms with Crippen LogP contribution in [0, 0.1) is 0 Å². The minimum absolute atomic E-state index is 0.0192. The lowest BCUT2D eigenvalue weighted by Gasteiger charge is -2.31. The molecule has 1 fully saturated rings. The highest BCUT2D eigenvalue weighted by Gasteiger charge is 2.32. The first-order valence-corrected chi connectivity index (χ1v) is 6.93. The van der Waals surface area contributed by atoms with E-state index in [1.165, 1.54) is 12.8 Å². The van der Waals surface area contributed by atoms with Crippen molar-refractivity contribution in [3.05, 3.63) is 11.4 Å². The average molecular weight is 251 g/mol. The number of methoxy groups -OCH3 is 1. The highest BCUT2D eigenvalue weighted by molar-refractivity contribution is 5.12. The van der Waals surface area contributed by atoms with Gasteiger partial charge < -0.3 is 9.84 Å². The number of nitrogens with zero attached hydrogens (tertiary/aromatic N) is 3. The fraction of sp³-hybridized carbons (Fsp3) is 0.846. The Hall–Kier alpha value is -0.940. The Morgan fingerprint density at radius 1 is 1.17 bits per heavy atom. The van der Waals surface area contributed by atoms with Crippen LogP contribution in [0.15, 0.2) is 0 Å². The molecular formula is C13H21N3O2. The number of hydrogen-bond acceptors (Lipinski definition) is 4. The number of ether oxygens (including phenoxy) is 1. The van der Waals surface area contributed by atoms with E-state index in [0.717, 1.165) is 43.5 Å². The van der Waals surface area contributed by atoms with Gasteiger partial charge in [0.25, 0.3) is 0 Å². The first-order valence-electron chi connectivity index (χ1n) is 6.93. The van der Waals surface area contributed by atoms with E-state index in [9.17, 15) is 5.11 Å². The maximum atomic E-state index is 10.1. The lowest BCUT2D eigenvalue weighted by molar-refractivity contribution is -0.0164. The number of aliphatic hydroxyl groups is 1. The molecule has 2 aliphatic rings. The van der Waals surface area contributed by atoms with Gasteiger partial charge in [0, 0.05) is 13.5 Å². The summed E-state index contributed by atoms with van der Waals surface area (Å²) in [6, 6.07) is -0.0192. The third-order valence-corrected chi connectivity index (χ3v) is 4.22. The van der Waals surface area contributed by atoms with Crippen LogP contribution in [0.25, 0.3) is 0 Å². The summed E-state index contributed by atoms with van der Waals surface area (Å²) in [5, 5.41) is 19.3. The Balaban J connectivity index is 1.81. The predicted octanol–water partition coefficient (Wildman–Crippen LogP) is 1.26. The Kier molecular flexibility index (Phi) is 3.35. The normalized spacial score (nSPS) is 32.2. The highest BCUT2D eigenvalue weighted by atomic mass is 16.5. The molecule has 1 aromatic rings. The maximum absolute atomic E-state index is 10.1. The molecule has 2 aliphatic carbocycles. The summed E-state index contributed by atoms with van der Waals surface area (Å²) in [5.74, 6) is 0. The fourth-order valence-corrected chi connectivity index (χ4v) is 3.06. The van der Waals surface area contributed by atoms with Crippen molar-refractivity contribution in [2.24, 2.45) is 0 Å². The molecular weight excluding hydrogens is 230 g/mol. The van der Waals surface area contributed by atoms with Crippen LogP contribution in [0.1, 0.15) is 49.5 Å². The Labute approximate surface area is 107 Å². The zero-order valence-electron chi connectivity index (χ0n) is 10.9. The first kappa shape index (κ1) is 12.1. The van der Waals surface area contributed by atoms with Crippen molar-refractivity contribution >= 4 is 0 Å². The van der Waals surface area contributed by atoms with Gasteiger partial charge in [-0.2, -0.15) is 15.0 Å². The van der Waals surface area contributed by atoms with E-state index >= 15 is 0 Å². The molecule has 1 saturated carbocycles. The number of fused-ring (bicyclic) bond motifs is 1. The molecule has 100 valence electrons. The van der Waals surface area contributed by atoms with Gasteiger partial charge in [-0.25, -0.2) is 0 Å². The molecule has 3 atom stereocenters. The Morgan fingerprint density at radius 2 is 1.83 bits per heavy atom. The second kappa shape index (κ2) is 4.97. The fourth-order valence-electron chi connectivity index (χ4n) is 3.06. The van der Waals surface area contributed by atoms with Crippen LogP contribution in [0.5, 0.6) is 0 Å². The van der Waals surface area contributed by atoms with Gasteiger partial charge in [0.15, 0.2) is 0 Å². The summed E-state index contributed by atoms with van der Waals surface area (Å²) in [4.78, 5) is 1.76. The SMILES string of the molecule is COC1CCC(O)C(n2nc3c(n2)CCCC3)C1. The van der Waals surface area contributed by atoms with Gasteiger partial charge in [-0.15, -0.1) is 0 Å². The smallest absolute Gasteiger partial charge is 0.0999 e. The van der Waals surface area contributed by atoms with E-state index < -0.39 is 0 Å². The topological polar surface area (TPSA) is 60.2 Å². The minimum Gasteiger partial charge on any atom is -0.391 e. The second-order valence-electron chi connectivity index (χ2n) is 5.43. The molecule has 0 radical (unpaired) electrons. The van der Waals surface area contributed by atoms with Crippen molar-refractivity contribution in [2.45, 2.75) is 63.2 Å². The first-order chi connectivity index (χ1) is 8.78. The standard InChI is InChI=1S/C13H21N3O2/c1-18-9-6-7-13(17)12(8-9)16-14-10-4-2-3-5-11(10)15-16/h9,12-13,17H,2-8H2,1H3. The van der Waals surface area contributed by atoms with Gasteiger partial charge in [-0.05, 0) is 38.5 Å². The quantitative estimate of drug-likeness (QED) is 0.859. The molecule has 0 aromatic carbocycles. The van der Waals surface area contributed by atoms with Crippen LogP contribution < -0.4 is 0 Å². The number of aliphatic hydroxyl groups excluding tert-OH is 1. The molecule has 1 aromatic heterocycles. The Morgan fingerprint density at radius 3 is 2.44 bits per heavy atom. The molecule has 1 N–H and O–H groups in total. The van der Waals surface area contributed by atoms with Gasteiger partial charge in [-0.3, -0.25) is 0 Å². The summed E-state index contributed by atoms with van der Waals surface area (Å²) in [6.07, 6.45) is 6.87. The van der Waals surface area contributed by atoms with Crippen LogP contribution in [0.3, 0.4) is 0 Å². The van der Waals surface area contributed by atoms with Gasteiger partial charge in [-0.1, -0.05) is 0 Å². The summed E-state index contributed by atoms with van der Waals surface area (Å²) in [5.41, 5.74) is 2.26. The van der Waals surface area contributed by atoms with Crippen molar-refractivity contribution in [3.8, 4) is 0 Å². The Bertz CT molecular complexity index is 395. The third kappa shape index (κ3) is 2.17. The van der Waals surface area contributed by atoms with Crippen LogP contribution in [0.2, 0.25) is 0 Å². The van der Waals surface area contributed by atoms with Crippen molar-refractivity contribution < 1.29 is 9.84 Å². The van der Waals surface area contributed by atoms with Gasteiger partial charge in [0.1, 0.15) is 0 Å². The molecule has 0 bridgehead atoms. The zero-order valence-corrected chi connectivity index (χ0v) is 10.9. The molecule has 0 spiro atoms. The van der Waals surface area contributed by atoms with Crippen LogP contribution >= 0.6 is 0 Å². The molecule has 18 heavy (non-hydrogen) atoms. The van der Waals surface area contributed by atoms with Crippen molar-refractivity contribution in [1.29, 1.82) is 0 Å². The number of hydrogen-bond donors (Lipinski definition) is 1. The van der Waals surface area contributed by atoms with Crippen LogP contribution in [-0.2, 0) is 17.6 Å². The molecule has 3 rings (SSSR count). The minimum atomic E-state index is -0.342. The highest BCUT2D eigenvalue weighted by Crippen LogP contribution is 2.30. The molecule has 0 saturated heterocycles. The second-order valence-corrected chi connectivity index (χ2v) is 5.43. The molecule has 1 heterocycles. The van der Waals surface area contributed by atoms with E-state index in [4.69, 9.17) is 4.74 Å². The number of aryl methyl sites for hydroxylation is 2. The summed E-state index contributed by atoms with van der Waals surface area (Å²) in [7, 11) is 1.74. The largest absolute Gasteiger partial charge is 0.391 e. The summed E-state index contributed by atoms with van der Waals surface area (Å²) >= 11 is 0. The number of rotatable bonds is 2. The molecule has 5 nitrogen and oxygen atoms in total. The van der Waals surface area contributed by atoms with Gasteiger partial charge in [0.05, 0.1) is 29.6 Å².